The van der Waals surface area contributed by atoms with E-state index in [0.29, 0.717) is 37.8 Å². The van der Waals surface area contributed by atoms with Crippen LogP contribution in [0.3, 0.4) is 0 Å². The van der Waals surface area contributed by atoms with Gasteiger partial charge in [0.15, 0.2) is 5.82 Å². The third-order valence-corrected chi connectivity index (χ3v) is 4.41. The molecule has 1 saturated heterocycles. The fraction of sp³-hybridized carbons (Fsp3) is 0.625. The number of carbonyl (C=O) groups is 1. The first-order chi connectivity index (χ1) is 11.6. The lowest BCUT2D eigenvalue weighted by molar-refractivity contribution is -0.132. The maximum atomic E-state index is 12.5. The lowest BCUT2D eigenvalue weighted by atomic mass is 10.1. The van der Waals surface area contributed by atoms with Gasteiger partial charge in [0, 0.05) is 38.2 Å². The predicted molar refractivity (Wildman–Crippen MR) is 85.2 cm³/mol. The lowest BCUT2D eigenvalue weighted by Crippen LogP contribution is -2.48. The largest absolute Gasteiger partial charge is 0.361 e. The van der Waals surface area contributed by atoms with Gasteiger partial charge in [-0.3, -0.25) is 9.69 Å². The summed E-state index contributed by atoms with van der Waals surface area (Å²) in [5.41, 5.74) is 1.70. The van der Waals surface area contributed by atoms with Gasteiger partial charge >= 0.3 is 0 Å². The molecule has 130 valence electrons. The summed E-state index contributed by atoms with van der Waals surface area (Å²) in [5.74, 6) is 2.22. The molecule has 2 aromatic heterocycles. The number of amides is 1. The molecule has 0 spiro atoms. The summed E-state index contributed by atoms with van der Waals surface area (Å²) in [6.45, 7) is 9.40. The molecule has 1 aliphatic rings. The van der Waals surface area contributed by atoms with Crippen LogP contribution in [0.15, 0.2) is 9.05 Å². The zero-order valence-corrected chi connectivity index (χ0v) is 14.4. The van der Waals surface area contributed by atoms with E-state index in [1.54, 1.807) is 0 Å². The van der Waals surface area contributed by atoms with E-state index in [4.69, 9.17) is 9.05 Å². The summed E-state index contributed by atoms with van der Waals surface area (Å²) in [6.07, 6.45) is 1.10. The first-order valence-corrected chi connectivity index (χ1v) is 8.30. The Morgan fingerprint density at radius 1 is 1.12 bits per heavy atom. The monoisotopic (exact) mass is 333 g/mol. The van der Waals surface area contributed by atoms with E-state index < -0.39 is 0 Å². The van der Waals surface area contributed by atoms with Gasteiger partial charge in [0.05, 0.1) is 18.7 Å². The third kappa shape index (κ3) is 3.64. The van der Waals surface area contributed by atoms with Gasteiger partial charge in [-0.2, -0.15) is 4.98 Å². The van der Waals surface area contributed by atoms with Crippen LogP contribution >= 0.6 is 0 Å². The van der Waals surface area contributed by atoms with Crippen molar-refractivity contribution < 1.29 is 13.8 Å². The predicted octanol–water partition coefficient (Wildman–Crippen LogP) is 1.12. The van der Waals surface area contributed by atoms with Crippen LogP contribution in [0.25, 0.3) is 0 Å². The lowest BCUT2D eigenvalue weighted by Gasteiger charge is -2.34. The highest BCUT2D eigenvalue weighted by atomic mass is 16.5. The van der Waals surface area contributed by atoms with Gasteiger partial charge in [0.2, 0.25) is 11.8 Å². The highest BCUT2D eigenvalue weighted by Crippen LogP contribution is 2.15. The summed E-state index contributed by atoms with van der Waals surface area (Å²) in [7, 11) is 0. The van der Waals surface area contributed by atoms with Crippen molar-refractivity contribution in [1.82, 2.24) is 25.1 Å². The third-order valence-electron chi connectivity index (χ3n) is 4.41. The van der Waals surface area contributed by atoms with Crippen LogP contribution in [-0.4, -0.2) is 57.2 Å². The number of aryl methyl sites for hydroxylation is 3. The van der Waals surface area contributed by atoms with Crippen molar-refractivity contribution in [2.24, 2.45) is 0 Å². The minimum atomic E-state index is 0.122. The standard InChI is InChI=1S/C16H23N5O3/c1-4-15-17-14(19-24-15)10-20-5-7-21(8-6-20)16(22)9-13-11(2)18-23-12(13)3/h4-10H2,1-3H3. The zero-order chi connectivity index (χ0) is 17.1. The quantitative estimate of drug-likeness (QED) is 0.810. The van der Waals surface area contributed by atoms with Crippen LogP contribution in [-0.2, 0) is 24.2 Å². The molecule has 0 atom stereocenters. The molecule has 0 aliphatic carbocycles. The Morgan fingerprint density at radius 3 is 2.46 bits per heavy atom. The van der Waals surface area contributed by atoms with Crippen LogP contribution < -0.4 is 0 Å². The molecular weight excluding hydrogens is 310 g/mol. The van der Waals surface area contributed by atoms with Gasteiger partial charge in [-0.15, -0.1) is 0 Å². The van der Waals surface area contributed by atoms with Crippen molar-refractivity contribution in [3.63, 3.8) is 0 Å². The molecule has 1 amide bonds. The molecule has 0 aromatic carbocycles. The van der Waals surface area contributed by atoms with Crippen LogP contribution in [0.2, 0.25) is 0 Å². The van der Waals surface area contributed by atoms with E-state index in [0.717, 1.165) is 36.5 Å². The molecule has 2 aromatic rings. The number of aromatic nitrogens is 3. The van der Waals surface area contributed by atoms with E-state index in [1.807, 2.05) is 25.7 Å². The van der Waals surface area contributed by atoms with Crippen molar-refractivity contribution in [2.45, 2.75) is 40.2 Å². The van der Waals surface area contributed by atoms with E-state index in [-0.39, 0.29) is 5.91 Å². The Labute approximate surface area is 140 Å². The maximum absolute atomic E-state index is 12.5. The van der Waals surface area contributed by atoms with Crippen molar-refractivity contribution in [3.05, 3.63) is 28.7 Å². The smallest absolute Gasteiger partial charge is 0.227 e. The summed E-state index contributed by atoms with van der Waals surface area (Å²) in [4.78, 5) is 20.9. The fourth-order valence-corrected chi connectivity index (χ4v) is 2.87. The Balaban J connectivity index is 1.50. The Hall–Kier alpha value is -2.22. The first kappa shape index (κ1) is 16.6. The second-order valence-electron chi connectivity index (χ2n) is 6.09. The van der Waals surface area contributed by atoms with Gasteiger partial charge in [-0.25, -0.2) is 0 Å². The van der Waals surface area contributed by atoms with Gasteiger partial charge in [0.1, 0.15) is 5.76 Å². The summed E-state index contributed by atoms with van der Waals surface area (Å²) in [6, 6.07) is 0. The molecule has 0 radical (unpaired) electrons. The molecule has 3 heterocycles. The molecule has 1 aliphatic heterocycles. The second-order valence-corrected chi connectivity index (χ2v) is 6.09. The average molecular weight is 333 g/mol. The molecule has 0 unspecified atom stereocenters. The highest BCUT2D eigenvalue weighted by molar-refractivity contribution is 5.79. The molecule has 3 rings (SSSR count). The number of hydrogen-bond donors (Lipinski definition) is 0. The molecule has 0 saturated carbocycles. The van der Waals surface area contributed by atoms with E-state index in [2.05, 4.69) is 20.2 Å². The van der Waals surface area contributed by atoms with Crippen LogP contribution in [0.5, 0.6) is 0 Å². The Bertz CT molecular complexity index is 681. The summed E-state index contributed by atoms with van der Waals surface area (Å²) < 4.78 is 10.3. The van der Waals surface area contributed by atoms with Crippen molar-refractivity contribution in [3.8, 4) is 0 Å². The van der Waals surface area contributed by atoms with E-state index in [1.165, 1.54) is 0 Å². The van der Waals surface area contributed by atoms with Gasteiger partial charge in [-0.05, 0) is 13.8 Å². The molecule has 1 fully saturated rings. The van der Waals surface area contributed by atoms with Crippen molar-refractivity contribution >= 4 is 5.91 Å². The molecule has 0 bridgehead atoms. The number of hydrogen-bond acceptors (Lipinski definition) is 7. The van der Waals surface area contributed by atoms with E-state index >= 15 is 0 Å². The highest BCUT2D eigenvalue weighted by Gasteiger charge is 2.24. The molecule has 8 heteroatoms. The summed E-state index contributed by atoms with van der Waals surface area (Å²) >= 11 is 0. The number of rotatable bonds is 5. The summed E-state index contributed by atoms with van der Waals surface area (Å²) in [5, 5.41) is 7.88. The number of carbonyl (C=O) groups excluding carboxylic acids is 1. The number of piperazine rings is 1. The molecule has 24 heavy (non-hydrogen) atoms. The molecule has 8 nitrogen and oxygen atoms in total. The average Bonchev–Trinajstić information content (AvgIpc) is 3.17. The van der Waals surface area contributed by atoms with Crippen molar-refractivity contribution in [1.29, 1.82) is 0 Å². The Kier molecular flexibility index (Phi) is 4.94. The minimum Gasteiger partial charge on any atom is -0.361 e. The topological polar surface area (TPSA) is 88.5 Å². The SMILES string of the molecule is CCc1nc(CN2CCN(C(=O)Cc3c(C)noc3C)CC2)no1. The Morgan fingerprint density at radius 2 is 1.88 bits per heavy atom. The van der Waals surface area contributed by atoms with Crippen LogP contribution in [0.4, 0.5) is 0 Å². The normalized spacial score (nSPS) is 15.9. The first-order valence-electron chi connectivity index (χ1n) is 8.30. The van der Waals surface area contributed by atoms with Gasteiger partial charge < -0.3 is 13.9 Å². The zero-order valence-electron chi connectivity index (χ0n) is 14.4. The number of nitrogens with zero attached hydrogens (tertiary/aromatic N) is 5. The van der Waals surface area contributed by atoms with Crippen LogP contribution in [0.1, 0.15) is 35.7 Å². The van der Waals surface area contributed by atoms with E-state index in [9.17, 15) is 4.79 Å². The van der Waals surface area contributed by atoms with Gasteiger partial charge in [-0.1, -0.05) is 17.2 Å². The van der Waals surface area contributed by atoms with Crippen molar-refractivity contribution in [2.75, 3.05) is 26.2 Å². The maximum Gasteiger partial charge on any atom is 0.227 e. The fourth-order valence-electron chi connectivity index (χ4n) is 2.87. The van der Waals surface area contributed by atoms with Crippen LogP contribution in [0, 0.1) is 13.8 Å². The second kappa shape index (κ2) is 7.12. The molecule has 0 N–H and O–H groups in total. The van der Waals surface area contributed by atoms with Gasteiger partial charge in [0.25, 0.3) is 0 Å². The molecular formula is C16H23N5O3. The minimum absolute atomic E-state index is 0.122.